The first-order valence-corrected chi connectivity index (χ1v) is 8.77. The van der Waals surface area contributed by atoms with Crippen LogP contribution in [0.2, 0.25) is 0 Å². The zero-order chi connectivity index (χ0) is 17.4. The van der Waals surface area contributed by atoms with Gasteiger partial charge in [0.25, 0.3) is 0 Å². The maximum Gasteiger partial charge on any atom is 0.191 e. The van der Waals surface area contributed by atoms with E-state index in [4.69, 9.17) is 4.74 Å². The number of aliphatic imine (C=N–C) groups is 1. The highest BCUT2D eigenvalue weighted by atomic mass is 16.5. The Morgan fingerprint density at radius 1 is 1.25 bits per heavy atom. The fourth-order valence-corrected chi connectivity index (χ4v) is 3.34. The summed E-state index contributed by atoms with van der Waals surface area (Å²) in [5.74, 6) is 0.809. The van der Waals surface area contributed by atoms with Crippen molar-refractivity contribution in [2.75, 3.05) is 40.0 Å². The second-order valence-corrected chi connectivity index (χ2v) is 6.87. The van der Waals surface area contributed by atoms with Crippen LogP contribution in [0.5, 0.6) is 0 Å². The van der Waals surface area contributed by atoms with Gasteiger partial charge in [-0.3, -0.25) is 4.99 Å². The van der Waals surface area contributed by atoms with Crippen LogP contribution in [0.3, 0.4) is 0 Å². The third kappa shape index (κ3) is 5.49. The highest BCUT2D eigenvalue weighted by Gasteiger charge is 2.34. The van der Waals surface area contributed by atoms with Gasteiger partial charge in [0, 0.05) is 38.8 Å². The standard InChI is InChI=1S/C19H31N3O2/c1-15-10-16(2)12-17(11-15)4-7-21-18(20-3)22-13-19(5-8-23)6-9-24-14-19/h10-12,23H,4-9,13-14H2,1-3H3,(H2,20,21,22). The van der Waals surface area contributed by atoms with Crippen LogP contribution >= 0.6 is 0 Å². The average Bonchev–Trinajstić information content (AvgIpc) is 2.99. The first kappa shape index (κ1) is 18.7. The summed E-state index contributed by atoms with van der Waals surface area (Å²) in [7, 11) is 1.79. The second kappa shape index (κ2) is 9.04. The van der Waals surface area contributed by atoms with Crippen molar-refractivity contribution in [1.82, 2.24) is 10.6 Å². The van der Waals surface area contributed by atoms with Crippen molar-refractivity contribution in [3.8, 4) is 0 Å². The van der Waals surface area contributed by atoms with E-state index in [9.17, 15) is 5.11 Å². The van der Waals surface area contributed by atoms with Crippen molar-refractivity contribution in [2.45, 2.75) is 33.1 Å². The lowest BCUT2D eigenvalue weighted by molar-refractivity contribution is 0.127. The fourth-order valence-electron chi connectivity index (χ4n) is 3.34. The van der Waals surface area contributed by atoms with Crippen LogP contribution in [0.15, 0.2) is 23.2 Å². The molecule has 1 fully saturated rings. The number of ether oxygens (including phenoxy) is 1. The van der Waals surface area contributed by atoms with Crippen LogP contribution in [-0.2, 0) is 11.2 Å². The first-order valence-electron chi connectivity index (χ1n) is 8.77. The first-order chi connectivity index (χ1) is 11.6. The summed E-state index contributed by atoms with van der Waals surface area (Å²) in [4.78, 5) is 4.30. The molecule has 0 aliphatic carbocycles. The Labute approximate surface area is 145 Å². The third-order valence-electron chi connectivity index (χ3n) is 4.67. The van der Waals surface area contributed by atoms with Gasteiger partial charge in [-0.15, -0.1) is 0 Å². The Morgan fingerprint density at radius 2 is 2.00 bits per heavy atom. The summed E-state index contributed by atoms with van der Waals surface area (Å²) in [6.07, 6.45) is 2.72. The molecule has 1 unspecified atom stereocenters. The van der Waals surface area contributed by atoms with Crippen LogP contribution < -0.4 is 10.6 Å². The van der Waals surface area contributed by atoms with E-state index in [1.165, 1.54) is 16.7 Å². The van der Waals surface area contributed by atoms with Gasteiger partial charge in [0.05, 0.1) is 6.61 Å². The zero-order valence-corrected chi connectivity index (χ0v) is 15.2. The Bertz CT molecular complexity index is 531. The van der Waals surface area contributed by atoms with Gasteiger partial charge in [0.15, 0.2) is 5.96 Å². The normalized spacial score (nSPS) is 21.1. The summed E-state index contributed by atoms with van der Waals surface area (Å²) in [5.41, 5.74) is 3.98. The summed E-state index contributed by atoms with van der Waals surface area (Å²) >= 11 is 0. The Balaban J connectivity index is 1.80. The van der Waals surface area contributed by atoms with Gasteiger partial charge >= 0.3 is 0 Å². The molecular formula is C19H31N3O2. The lowest BCUT2D eigenvalue weighted by Gasteiger charge is -2.27. The summed E-state index contributed by atoms with van der Waals surface area (Å²) in [5, 5.41) is 16.1. The van der Waals surface area contributed by atoms with Gasteiger partial charge in [-0.1, -0.05) is 29.3 Å². The number of benzene rings is 1. The Hall–Kier alpha value is -1.59. The van der Waals surface area contributed by atoms with Gasteiger partial charge in [0.2, 0.25) is 0 Å². The van der Waals surface area contributed by atoms with Crippen molar-refractivity contribution in [2.24, 2.45) is 10.4 Å². The van der Waals surface area contributed by atoms with E-state index in [0.29, 0.717) is 6.61 Å². The Kier molecular flexibility index (Phi) is 7.06. The molecule has 1 heterocycles. The maximum absolute atomic E-state index is 9.30. The highest BCUT2D eigenvalue weighted by molar-refractivity contribution is 5.79. The van der Waals surface area contributed by atoms with Crippen LogP contribution in [0.1, 0.15) is 29.5 Å². The van der Waals surface area contributed by atoms with Crippen molar-refractivity contribution < 1.29 is 9.84 Å². The van der Waals surface area contributed by atoms with Gasteiger partial charge in [-0.05, 0) is 38.7 Å². The van der Waals surface area contributed by atoms with Gasteiger partial charge in [0.1, 0.15) is 0 Å². The minimum atomic E-state index is 0.0278. The quantitative estimate of drug-likeness (QED) is 0.526. The molecule has 1 aliphatic heterocycles. The van der Waals surface area contributed by atoms with Crippen LogP contribution in [0.25, 0.3) is 0 Å². The third-order valence-corrected chi connectivity index (χ3v) is 4.67. The zero-order valence-electron chi connectivity index (χ0n) is 15.2. The van der Waals surface area contributed by atoms with E-state index in [0.717, 1.165) is 44.9 Å². The molecule has 0 saturated carbocycles. The molecule has 0 amide bonds. The van der Waals surface area contributed by atoms with E-state index < -0.39 is 0 Å². The van der Waals surface area contributed by atoms with E-state index in [-0.39, 0.29) is 12.0 Å². The number of hydrogen-bond donors (Lipinski definition) is 3. The number of hydrogen-bond acceptors (Lipinski definition) is 3. The van der Waals surface area contributed by atoms with Gasteiger partial charge in [-0.25, -0.2) is 0 Å². The topological polar surface area (TPSA) is 65.9 Å². The number of guanidine groups is 1. The molecule has 1 aromatic carbocycles. The molecule has 134 valence electrons. The average molecular weight is 333 g/mol. The SMILES string of the molecule is CN=C(NCCc1cc(C)cc(C)c1)NCC1(CCO)CCOC1. The molecule has 1 aliphatic rings. The molecular weight excluding hydrogens is 302 g/mol. The largest absolute Gasteiger partial charge is 0.396 e. The Morgan fingerprint density at radius 3 is 2.58 bits per heavy atom. The number of aliphatic hydroxyl groups excluding tert-OH is 1. The predicted octanol–water partition coefficient (Wildman–Crippen LogP) is 1.80. The van der Waals surface area contributed by atoms with E-state index >= 15 is 0 Å². The molecule has 3 N–H and O–H groups in total. The summed E-state index contributed by atoms with van der Waals surface area (Å²) < 4.78 is 5.53. The summed E-state index contributed by atoms with van der Waals surface area (Å²) in [6.45, 7) is 7.57. The van der Waals surface area contributed by atoms with Crippen molar-refractivity contribution in [3.05, 3.63) is 34.9 Å². The molecule has 0 radical (unpaired) electrons. The van der Waals surface area contributed by atoms with Crippen molar-refractivity contribution in [1.29, 1.82) is 0 Å². The minimum absolute atomic E-state index is 0.0278. The van der Waals surface area contributed by atoms with E-state index in [1.807, 2.05) is 0 Å². The number of rotatable bonds is 7. The van der Waals surface area contributed by atoms with Crippen molar-refractivity contribution >= 4 is 5.96 Å². The molecule has 1 atom stereocenters. The maximum atomic E-state index is 9.30. The minimum Gasteiger partial charge on any atom is -0.396 e. The lowest BCUT2D eigenvalue weighted by Crippen LogP contribution is -2.45. The lowest BCUT2D eigenvalue weighted by atomic mass is 9.84. The van der Waals surface area contributed by atoms with Crippen LogP contribution in [0, 0.1) is 19.3 Å². The molecule has 0 aromatic heterocycles. The van der Waals surface area contributed by atoms with Crippen molar-refractivity contribution in [3.63, 3.8) is 0 Å². The smallest absolute Gasteiger partial charge is 0.191 e. The van der Waals surface area contributed by atoms with Crippen LogP contribution in [0.4, 0.5) is 0 Å². The number of nitrogens with zero attached hydrogens (tertiary/aromatic N) is 1. The van der Waals surface area contributed by atoms with Crippen LogP contribution in [-0.4, -0.2) is 51.0 Å². The highest BCUT2D eigenvalue weighted by Crippen LogP contribution is 2.31. The molecule has 2 rings (SSSR count). The molecule has 0 spiro atoms. The second-order valence-electron chi connectivity index (χ2n) is 6.87. The number of aryl methyl sites for hydroxylation is 2. The monoisotopic (exact) mass is 333 g/mol. The fraction of sp³-hybridized carbons (Fsp3) is 0.632. The number of nitrogens with one attached hydrogen (secondary N) is 2. The van der Waals surface area contributed by atoms with E-state index in [2.05, 4.69) is 47.7 Å². The number of aliphatic hydroxyl groups is 1. The molecule has 5 heteroatoms. The molecule has 1 saturated heterocycles. The van der Waals surface area contributed by atoms with Gasteiger partial charge < -0.3 is 20.5 Å². The molecule has 0 bridgehead atoms. The molecule has 1 aromatic rings. The van der Waals surface area contributed by atoms with E-state index in [1.54, 1.807) is 7.05 Å². The van der Waals surface area contributed by atoms with Gasteiger partial charge in [-0.2, -0.15) is 0 Å². The summed E-state index contributed by atoms with van der Waals surface area (Å²) in [6, 6.07) is 6.66. The molecule has 5 nitrogen and oxygen atoms in total. The molecule has 24 heavy (non-hydrogen) atoms. The predicted molar refractivity (Wildman–Crippen MR) is 98.6 cm³/mol.